The fraction of sp³-hybridized carbons (Fsp3) is 0.500. The van der Waals surface area contributed by atoms with E-state index >= 15 is 0 Å². The summed E-state index contributed by atoms with van der Waals surface area (Å²) in [5.41, 5.74) is 0. The van der Waals surface area contributed by atoms with Crippen LogP contribution in [0, 0.1) is 0 Å². The molecule has 1 heterocycles. The van der Waals surface area contributed by atoms with E-state index in [1.165, 1.54) is 6.92 Å². The Hall–Kier alpha value is -2.85. The molecule has 0 spiro atoms. The molecule has 0 aliphatic carbocycles. The van der Waals surface area contributed by atoms with Crippen LogP contribution in [-0.4, -0.2) is 61.2 Å². The normalized spacial score (nSPS) is 25.1. The van der Waals surface area contributed by atoms with Crippen molar-refractivity contribution in [1.82, 2.24) is 0 Å². The smallest absolute Gasteiger partial charge is 0.303 e. The molecule has 170 valence electrons. The standard InChI is InChI=1S/C20H23ClO10/c1-10(22)26-9-16-17(27-11(2)23)18(28-12(3)24)19(29-13(4)25)20(31-16)30-15-7-5-14(21)6-8-15/h5-8,16-20H,9H2,1-4H3/t16-,17+,18-,19+,20+/m0/s1. The van der Waals surface area contributed by atoms with Gasteiger partial charge in [-0.3, -0.25) is 19.2 Å². The van der Waals surface area contributed by atoms with E-state index in [1.807, 2.05) is 0 Å². The molecular weight excluding hydrogens is 436 g/mol. The van der Waals surface area contributed by atoms with Crippen LogP contribution in [0.3, 0.4) is 0 Å². The van der Waals surface area contributed by atoms with Crippen LogP contribution >= 0.6 is 11.6 Å². The number of esters is 4. The lowest BCUT2D eigenvalue weighted by atomic mass is 9.98. The van der Waals surface area contributed by atoms with Gasteiger partial charge in [-0.2, -0.15) is 0 Å². The van der Waals surface area contributed by atoms with Crippen LogP contribution in [-0.2, 0) is 42.9 Å². The van der Waals surface area contributed by atoms with Gasteiger partial charge in [-0.15, -0.1) is 0 Å². The fourth-order valence-electron chi connectivity index (χ4n) is 2.93. The van der Waals surface area contributed by atoms with Crippen molar-refractivity contribution in [2.24, 2.45) is 0 Å². The maximum absolute atomic E-state index is 11.8. The summed E-state index contributed by atoms with van der Waals surface area (Å²) in [6.07, 6.45) is -6.20. The van der Waals surface area contributed by atoms with Gasteiger partial charge in [0.05, 0.1) is 0 Å². The molecule has 0 N–H and O–H groups in total. The van der Waals surface area contributed by atoms with Gasteiger partial charge in [0.15, 0.2) is 12.2 Å². The van der Waals surface area contributed by atoms with Gasteiger partial charge in [0.25, 0.3) is 0 Å². The molecule has 10 nitrogen and oxygen atoms in total. The van der Waals surface area contributed by atoms with Gasteiger partial charge < -0.3 is 28.4 Å². The summed E-state index contributed by atoms with van der Waals surface area (Å²) in [6, 6.07) is 6.25. The predicted octanol–water partition coefficient (Wildman–Crippen LogP) is 1.80. The monoisotopic (exact) mass is 458 g/mol. The van der Waals surface area contributed by atoms with Crippen molar-refractivity contribution in [2.45, 2.75) is 58.4 Å². The minimum absolute atomic E-state index is 0.310. The minimum Gasteiger partial charge on any atom is -0.463 e. The van der Waals surface area contributed by atoms with E-state index in [0.717, 1.165) is 20.8 Å². The van der Waals surface area contributed by atoms with Gasteiger partial charge in [0.2, 0.25) is 12.4 Å². The third kappa shape index (κ3) is 7.41. The third-order valence-electron chi connectivity index (χ3n) is 4.01. The van der Waals surface area contributed by atoms with Gasteiger partial charge >= 0.3 is 23.9 Å². The Bertz CT molecular complexity index is 809. The zero-order valence-corrected chi connectivity index (χ0v) is 18.1. The van der Waals surface area contributed by atoms with E-state index in [4.69, 9.17) is 40.0 Å². The molecule has 0 aromatic heterocycles. The zero-order chi connectivity index (χ0) is 23.1. The van der Waals surface area contributed by atoms with E-state index in [1.54, 1.807) is 24.3 Å². The molecule has 1 saturated heterocycles. The first-order valence-corrected chi connectivity index (χ1v) is 9.67. The first-order chi connectivity index (χ1) is 14.6. The van der Waals surface area contributed by atoms with Crippen LogP contribution < -0.4 is 4.74 Å². The van der Waals surface area contributed by atoms with Crippen LogP contribution in [0.5, 0.6) is 5.75 Å². The van der Waals surface area contributed by atoms with Gasteiger partial charge in [0, 0.05) is 32.7 Å². The van der Waals surface area contributed by atoms with Crippen molar-refractivity contribution in [3.63, 3.8) is 0 Å². The fourth-order valence-corrected chi connectivity index (χ4v) is 3.06. The molecule has 2 rings (SSSR count). The number of ether oxygens (including phenoxy) is 6. The number of rotatable bonds is 7. The largest absolute Gasteiger partial charge is 0.463 e. The van der Waals surface area contributed by atoms with E-state index < -0.39 is 54.6 Å². The first kappa shape index (κ1) is 24.4. The molecule has 5 atom stereocenters. The molecule has 0 saturated carbocycles. The van der Waals surface area contributed by atoms with Gasteiger partial charge in [0.1, 0.15) is 18.5 Å². The number of carbonyl (C=O) groups excluding carboxylic acids is 4. The van der Waals surface area contributed by atoms with Crippen molar-refractivity contribution < 1.29 is 47.6 Å². The Morgan fingerprint density at radius 2 is 1.32 bits per heavy atom. The highest BCUT2D eigenvalue weighted by atomic mass is 35.5. The molecule has 1 aliphatic heterocycles. The lowest BCUT2D eigenvalue weighted by Crippen LogP contribution is -2.63. The third-order valence-corrected chi connectivity index (χ3v) is 4.27. The summed E-state index contributed by atoms with van der Waals surface area (Å²) < 4.78 is 32.5. The van der Waals surface area contributed by atoms with Crippen LogP contribution in [0.25, 0.3) is 0 Å². The van der Waals surface area contributed by atoms with Crippen molar-refractivity contribution in [2.75, 3.05) is 6.61 Å². The molecule has 1 aromatic rings. The van der Waals surface area contributed by atoms with Gasteiger partial charge in [-0.05, 0) is 24.3 Å². The van der Waals surface area contributed by atoms with E-state index in [2.05, 4.69) is 0 Å². The number of hydrogen-bond donors (Lipinski definition) is 0. The van der Waals surface area contributed by atoms with Crippen molar-refractivity contribution in [3.05, 3.63) is 29.3 Å². The second kappa shape index (κ2) is 11.0. The number of carbonyl (C=O) groups is 4. The molecule has 0 amide bonds. The quantitative estimate of drug-likeness (QED) is 0.441. The molecular formula is C20H23ClO10. The average molecular weight is 459 g/mol. The molecule has 1 aromatic carbocycles. The summed E-state index contributed by atoms with van der Waals surface area (Å²) in [5, 5.41) is 0.467. The predicted molar refractivity (Wildman–Crippen MR) is 104 cm³/mol. The number of halogens is 1. The highest BCUT2D eigenvalue weighted by Crippen LogP contribution is 2.31. The molecule has 31 heavy (non-hydrogen) atoms. The second-order valence-electron chi connectivity index (χ2n) is 6.64. The van der Waals surface area contributed by atoms with Gasteiger partial charge in [-0.25, -0.2) is 0 Å². The number of hydrogen-bond acceptors (Lipinski definition) is 10. The summed E-state index contributed by atoms with van der Waals surface area (Å²) in [7, 11) is 0. The molecule has 0 radical (unpaired) electrons. The van der Waals surface area contributed by atoms with E-state index in [0.29, 0.717) is 10.8 Å². The summed E-state index contributed by atoms with van der Waals surface area (Å²) in [5.74, 6) is -2.44. The van der Waals surface area contributed by atoms with Crippen LogP contribution in [0.1, 0.15) is 27.7 Å². The van der Waals surface area contributed by atoms with Crippen LogP contribution in [0.2, 0.25) is 5.02 Å². The molecule has 1 fully saturated rings. The summed E-state index contributed by atoms with van der Waals surface area (Å²) >= 11 is 5.88. The Labute approximate surface area is 183 Å². The zero-order valence-electron chi connectivity index (χ0n) is 17.4. The first-order valence-electron chi connectivity index (χ1n) is 9.29. The Morgan fingerprint density at radius 3 is 1.84 bits per heavy atom. The lowest BCUT2D eigenvalue weighted by Gasteiger charge is -2.43. The lowest BCUT2D eigenvalue weighted by molar-refractivity contribution is -0.288. The maximum atomic E-state index is 11.8. The van der Waals surface area contributed by atoms with Crippen LogP contribution in [0.4, 0.5) is 0 Å². The average Bonchev–Trinajstić information content (AvgIpc) is 2.65. The molecule has 11 heteroatoms. The van der Waals surface area contributed by atoms with E-state index in [9.17, 15) is 19.2 Å². The van der Waals surface area contributed by atoms with Crippen molar-refractivity contribution >= 4 is 35.5 Å². The highest BCUT2D eigenvalue weighted by molar-refractivity contribution is 6.30. The van der Waals surface area contributed by atoms with Gasteiger partial charge in [-0.1, -0.05) is 11.6 Å². The van der Waals surface area contributed by atoms with Crippen molar-refractivity contribution in [3.8, 4) is 5.75 Å². The number of benzene rings is 1. The highest BCUT2D eigenvalue weighted by Gasteiger charge is 2.53. The van der Waals surface area contributed by atoms with Crippen LogP contribution in [0.15, 0.2) is 24.3 Å². The minimum atomic E-state index is -1.30. The topological polar surface area (TPSA) is 124 Å². The Balaban J connectivity index is 2.43. The van der Waals surface area contributed by atoms with Crippen molar-refractivity contribution in [1.29, 1.82) is 0 Å². The second-order valence-corrected chi connectivity index (χ2v) is 7.08. The van der Waals surface area contributed by atoms with E-state index in [-0.39, 0.29) is 6.61 Å². The summed E-state index contributed by atoms with van der Waals surface area (Å²) in [6.45, 7) is 4.29. The Morgan fingerprint density at radius 1 is 0.806 bits per heavy atom. The SMILES string of the molecule is CC(=O)OC[C@@H]1O[C@@H](Oc2ccc(Cl)cc2)[C@H](OC(C)=O)[C@@H](OC(C)=O)[C@@H]1OC(C)=O. The Kier molecular flexibility index (Phi) is 8.64. The molecule has 0 unspecified atom stereocenters. The maximum Gasteiger partial charge on any atom is 0.303 e. The molecule has 1 aliphatic rings. The summed E-state index contributed by atoms with van der Waals surface area (Å²) in [4.78, 5) is 46.5. The molecule has 0 bridgehead atoms.